The van der Waals surface area contributed by atoms with Crippen LogP contribution in [0, 0.1) is 13.8 Å². The molecule has 0 saturated heterocycles. The third kappa shape index (κ3) is 1.52. The molecule has 0 unspecified atom stereocenters. The van der Waals surface area contributed by atoms with Gasteiger partial charge in [0.15, 0.2) is 5.75 Å². The number of hydrogen-bond donors (Lipinski definition) is 1. The van der Waals surface area contributed by atoms with Crippen molar-refractivity contribution in [3.05, 3.63) is 23.5 Å². The molecule has 2 aromatic rings. The van der Waals surface area contributed by atoms with Gasteiger partial charge in [-0.3, -0.25) is 4.79 Å². The van der Waals surface area contributed by atoms with Crippen LogP contribution in [-0.4, -0.2) is 11.1 Å². The number of aromatic hydroxyl groups is 1. The van der Waals surface area contributed by atoms with Gasteiger partial charge in [0.05, 0.1) is 5.39 Å². The maximum absolute atomic E-state index is 10.9. The van der Waals surface area contributed by atoms with Gasteiger partial charge in [-0.1, -0.05) is 0 Å². The zero-order valence-corrected chi connectivity index (χ0v) is 9.33. The molecular formula is C12H12O4. The molecule has 16 heavy (non-hydrogen) atoms. The van der Waals surface area contributed by atoms with Crippen molar-refractivity contribution in [2.75, 3.05) is 0 Å². The van der Waals surface area contributed by atoms with E-state index < -0.39 is 5.97 Å². The Morgan fingerprint density at radius 1 is 1.44 bits per heavy atom. The number of rotatable bonds is 1. The maximum atomic E-state index is 10.9. The van der Waals surface area contributed by atoms with Crippen molar-refractivity contribution in [2.24, 2.45) is 0 Å². The van der Waals surface area contributed by atoms with Crippen LogP contribution >= 0.6 is 0 Å². The van der Waals surface area contributed by atoms with Crippen molar-refractivity contribution in [3.8, 4) is 11.5 Å². The number of esters is 1. The molecular weight excluding hydrogens is 208 g/mol. The Morgan fingerprint density at radius 3 is 2.75 bits per heavy atom. The molecule has 4 nitrogen and oxygen atoms in total. The van der Waals surface area contributed by atoms with E-state index in [-0.39, 0.29) is 5.75 Å². The van der Waals surface area contributed by atoms with Crippen LogP contribution in [0.2, 0.25) is 0 Å². The minimum atomic E-state index is -0.396. The number of carbonyl (C=O) groups excluding carboxylic acids is 1. The van der Waals surface area contributed by atoms with Crippen molar-refractivity contribution < 1.29 is 19.1 Å². The number of benzene rings is 1. The molecule has 1 N–H and O–H groups in total. The number of aryl methyl sites for hydroxylation is 2. The van der Waals surface area contributed by atoms with Gasteiger partial charge in [-0.05, 0) is 25.5 Å². The lowest BCUT2D eigenvalue weighted by molar-refractivity contribution is -0.131. The Bertz CT molecular complexity index is 566. The topological polar surface area (TPSA) is 59.7 Å². The second kappa shape index (κ2) is 3.56. The van der Waals surface area contributed by atoms with Gasteiger partial charge in [0.2, 0.25) is 0 Å². The van der Waals surface area contributed by atoms with E-state index in [1.54, 1.807) is 13.0 Å². The van der Waals surface area contributed by atoms with Crippen molar-refractivity contribution in [1.82, 2.24) is 0 Å². The van der Waals surface area contributed by atoms with Gasteiger partial charge in [-0.2, -0.15) is 0 Å². The van der Waals surface area contributed by atoms with E-state index in [0.717, 1.165) is 10.9 Å². The van der Waals surface area contributed by atoms with Crippen LogP contribution in [0.15, 0.2) is 16.7 Å². The van der Waals surface area contributed by atoms with Crippen LogP contribution in [0.25, 0.3) is 11.0 Å². The van der Waals surface area contributed by atoms with Gasteiger partial charge in [0, 0.05) is 12.5 Å². The monoisotopic (exact) mass is 220 g/mol. The summed E-state index contributed by atoms with van der Waals surface area (Å²) in [6.45, 7) is 4.91. The zero-order valence-electron chi connectivity index (χ0n) is 9.33. The fourth-order valence-corrected chi connectivity index (χ4v) is 1.72. The zero-order chi connectivity index (χ0) is 11.9. The van der Waals surface area contributed by atoms with Gasteiger partial charge in [0.25, 0.3) is 0 Å². The van der Waals surface area contributed by atoms with Crippen LogP contribution in [0.3, 0.4) is 0 Å². The number of fused-ring (bicyclic) bond motifs is 1. The summed E-state index contributed by atoms with van der Waals surface area (Å²) in [5.74, 6) is 0.171. The molecule has 4 heteroatoms. The molecule has 1 aromatic heterocycles. The lowest BCUT2D eigenvalue weighted by Crippen LogP contribution is -2.00. The van der Waals surface area contributed by atoms with E-state index in [1.165, 1.54) is 13.2 Å². The molecule has 0 fully saturated rings. The molecule has 0 aliphatic carbocycles. The first-order valence-corrected chi connectivity index (χ1v) is 4.89. The summed E-state index contributed by atoms with van der Waals surface area (Å²) in [6, 6.07) is 1.63. The van der Waals surface area contributed by atoms with Crippen molar-refractivity contribution in [2.45, 2.75) is 20.8 Å². The minimum Gasteiger partial charge on any atom is -0.508 e. The molecule has 1 aromatic carbocycles. The summed E-state index contributed by atoms with van der Waals surface area (Å²) in [5, 5.41) is 10.3. The van der Waals surface area contributed by atoms with E-state index >= 15 is 0 Å². The summed E-state index contributed by atoms with van der Waals surface area (Å²) < 4.78 is 10.3. The molecule has 84 valence electrons. The van der Waals surface area contributed by atoms with Gasteiger partial charge in [-0.15, -0.1) is 0 Å². The van der Waals surface area contributed by atoms with Crippen LogP contribution < -0.4 is 4.74 Å². The second-order valence-electron chi connectivity index (χ2n) is 3.74. The number of furan rings is 1. The molecule has 0 aliphatic heterocycles. The van der Waals surface area contributed by atoms with E-state index in [9.17, 15) is 9.90 Å². The van der Waals surface area contributed by atoms with Crippen LogP contribution in [0.4, 0.5) is 0 Å². The predicted molar refractivity (Wildman–Crippen MR) is 58.7 cm³/mol. The summed E-state index contributed by atoms with van der Waals surface area (Å²) >= 11 is 0. The Kier molecular flexibility index (Phi) is 2.34. The normalized spacial score (nSPS) is 10.7. The molecule has 0 bridgehead atoms. The highest BCUT2D eigenvalue weighted by molar-refractivity contribution is 5.92. The fourth-order valence-electron chi connectivity index (χ4n) is 1.72. The third-order valence-electron chi connectivity index (χ3n) is 2.48. The lowest BCUT2D eigenvalue weighted by Gasteiger charge is -2.04. The molecule has 0 atom stereocenters. The van der Waals surface area contributed by atoms with Crippen molar-refractivity contribution in [1.29, 1.82) is 0 Å². The Morgan fingerprint density at radius 2 is 2.12 bits per heavy atom. The van der Waals surface area contributed by atoms with Gasteiger partial charge >= 0.3 is 5.97 Å². The quantitative estimate of drug-likeness (QED) is 0.750. The fraction of sp³-hybridized carbons (Fsp3) is 0.250. The molecule has 0 radical (unpaired) electrons. The molecule has 0 spiro atoms. The molecule has 0 aliphatic rings. The highest BCUT2D eigenvalue weighted by atomic mass is 16.5. The lowest BCUT2D eigenvalue weighted by atomic mass is 10.1. The predicted octanol–water partition coefficient (Wildman–Crippen LogP) is 2.68. The number of phenolic OH excluding ortho intramolecular Hbond substituents is 1. The van der Waals surface area contributed by atoms with E-state index in [2.05, 4.69) is 0 Å². The SMILES string of the molecule is CC(=O)Oc1coc2c(C)c(O)cc(C)c12. The van der Waals surface area contributed by atoms with Gasteiger partial charge in [-0.25, -0.2) is 0 Å². The van der Waals surface area contributed by atoms with Crippen molar-refractivity contribution in [3.63, 3.8) is 0 Å². The van der Waals surface area contributed by atoms with Crippen LogP contribution in [0.5, 0.6) is 11.5 Å². The third-order valence-corrected chi connectivity index (χ3v) is 2.48. The van der Waals surface area contributed by atoms with Crippen LogP contribution in [-0.2, 0) is 4.79 Å². The second-order valence-corrected chi connectivity index (χ2v) is 3.74. The number of phenols is 1. The van der Waals surface area contributed by atoms with E-state index in [4.69, 9.17) is 9.15 Å². The average molecular weight is 220 g/mol. The number of hydrogen-bond acceptors (Lipinski definition) is 4. The number of ether oxygens (including phenoxy) is 1. The minimum absolute atomic E-state index is 0.175. The Balaban J connectivity index is 2.72. The van der Waals surface area contributed by atoms with Crippen LogP contribution in [0.1, 0.15) is 18.1 Å². The number of carbonyl (C=O) groups is 1. The average Bonchev–Trinajstić information content (AvgIpc) is 2.58. The standard InChI is InChI=1S/C12H12O4/c1-6-4-9(14)7(2)12-11(6)10(5-15-12)16-8(3)13/h4-5,14H,1-3H3. The Hall–Kier alpha value is -1.97. The molecule has 0 saturated carbocycles. The summed E-state index contributed by atoms with van der Waals surface area (Å²) in [6.07, 6.45) is 1.38. The maximum Gasteiger partial charge on any atom is 0.308 e. The smallest absolute Gasteiger partial charge is 0.308 e. The first kappa shape index (κ1) is 10.5. The largest absolute Gasteiger partial charge is 0.508 e. The van der Waals surface area contributed by atoms with Crippen molar-refractivity contribution >= 4 is 16.9 Å². The van der Waals surface area contributed by atoms with Gasteiger partial charge in [0.1, 0.15) is 17.6 Å². The van der Waals surface area contributed by atoms with Gasteiger partial charge < -0.3 is 14.3 Å². The first-order chi connectivity index (χ1) is 7.50. The molecule has 1 heterocycles. The Labute approximate surface area is 92.4 Å². The van der Waals surface area contributed by atoms with E-state index in [1.807, 2.05) is 6.92 Å². The highest BCUT2D eigenvalue weighted by Gasteiger charge is 2.15. The summed E-state index contributed by atoms with van der Waals surface area (Å²) in [7, 11) is 0. The molecule has 2 rings (SSSR count). The summed E-state index contributed by atoms with van der Waals surface area (Å²) in [5.41, 5.74) is 2.00. The summed E-state index contributed by atoms with van der Waals surface area (Å²) in [4.78, 5) is 10.9. The highest BCUT2D eigenvalue weighted by Crippen LogP contribution is 2.37. The molecule has 0 amide bonds. The first-order valence-electron chi connectivity index (χ1n) is 4.89. The van der Waals surface area contributed by atoms with E-state index in [0.29, 0.717) is 16.9 Å².